The van der Waals surface area contributed by atoms with Crippen LogP contribution in [0.25, 0.3) is 6.08 Å². The van der Waals surface area contributed by atoms with Gasteiger partial charge in [0, 0.05) is 31.3 Å². The molecule has 0 N–H and O–H groups in total. The van der Waals surface area contributed by atoms with Crippen molar-refractivity contribution in [2.45, 2.75) is 19.9 Å². The summed E-state index contributed by atoms with van der Waals surface area (Å²) in [5, 5.41) is 0. The number of carbonyl (C=O) groups excluding carboxylic acids is 1. The smallest absolute Gasteiger partial charge is 0.232 e. The van der Waals surface area contributed by atoms with Crippen molar-refractivity contribution in [2.24, 2.45) is 0 Å². The van der Waals surface area contributed by atoms with Gasteiger partial charge in [-0.15, -0.1) is 0 Å². The minimum atomic E-state index is -0.0743. The first-order chi connectivity index (χ1) is 13.6. The summed E-state index contributed by atoms with van der Waals surface area (Å²) in [6.07, 6.45) is 2.72. The molecule has 0 spiro atoms. The number of hydrogen-bond donors (Lipinski definition) is 0. The number of hydrogen-bond acceptors (Lipinski definition) is 5. The fourth-order valence-corrected chi connectivity index (χ4v) is 3.83. The Bertz CT molecular complexity index is 937. The van der Waals surface area contributed by atoms with Crippen molar-refractivity contribution in [2.75, 3.05) is 27.0 Å². The van der Waals surface area contributed by atoms with Gasteiger partial charge in [0.25, 0.3) is 0 Å². The molecule has 2 heterocycles. The number of carbonyl (C=O) groups is 1. The molecule has 6 heteroatoms. The molecular formula is C22H22BrNO4. The Labute approximate surface area is 173 Å². The number of fused-ring (bicyclic) bond motifs is 3. The lowest BCUT2D eigenvalue weighted by molar-refractivity contribution is 0.0822. The highest BCUT2D eigenvalue weighted by Crippen LogP contribution is 2.44. The molecule has 5 nitrogen and oxygen atoms in total. The van der Waals surface area contributed by atoms with Gasteiger partial charge in [0.1, 0.15) is 18.2 Å². The highest BCUT2D eigenvalue weighted by Gasteiger charge is 2.35. The Morgan fingerprint density at radius 1 is 1.29 bits per heavy atom. The Balaban J connectivity index is 1.64. The summed E-state index contributed by atoms with van der Waals surface area (Å²) in [6.45, 7) is 4.73. The summed E-state index contributed by atoms with van der Waals surface area (Å²) in [6, 6.07) is 9.72. The maximum absolute atomic E-state index is 13.0. The van der Waals surface area contributed by atoms with Gasteiger partial charge in [0.15, 0.2) is 5.76 Å². The molecule has 4 rings (SSSR count). The first-order valence-electron chi connectivity index (χ1n) is 9.27. The van der Waals surface area contributed by atoms with Crippen LogP contribution >= 0.6 is 15.9 Å². The van der Waals surface area contributed by atoms with Gasteiger partial charge in [-0.1, -0.05) is 28.1 Å². The lowest BCUT2D eigenvalue weighted by Crippen LogP contribution is -2.33. The molecule has 28 heavy (non-hydrogen) atoms. The largest absolute Gasteiger partial charge is 0.478 e. The van der Waals surface area contributed by atoms with Crippen molar-refractivity contribution in [3.63, 3.8) is 0 Å². The fraction of sp³-hybridized carbons (Fsp3) is 0.318. The SMILES string of the molecule is COCCCN1COc2cc(C)c3c(c2C1)O/C(=C\c1ccc(Br)cc1)C3=O. The van der Waals surface area contributed by atoms with E-state index in [1.54, 1.807) is 13.2 Å². The molecule has 146 valence electrons. The molecule has 0 amide bonds. The molecule has 0 radical (unpaired) electrons. The van der Waals surface area contributed by atoms with Gasteiger partial charge in [-0.05, 0) is 48.7 Å². The zero-order valence-electron chi connectivity index (χ0n) is 16.0. The third-order valence-corrected chi connectivity index (χ3v) is 5.51. The van der Waals surface area contributed by atoms with Crippen molar-refractivity contribution in [1.82, 2.24) is 4.90 Å². The van der Waals surface area contributed by atoms with Gasteiger partial charge >= 0.3 is 0 Å². The Hall–Kier alpha value is -2.15. The van der Waals surface area contributed by atoms with Crippen LogP contribution in [0.15, 0.2) is 40.6 Å². The summed E-state index contributed by atoms with van der Waals surface area (Å²) in [5.74, 6) is 1.72. The van der Waals surface area contributed by atoms with Crippen LogP contribution in [0.3, 0.4) is 0 Å². The average Bonchev–Trinajstić information content (AvgIpc) is 3.01. The molecule has 2 aromatic rings. The van der Waals surface area contributed by atoms with E-state index < -0.39 is 0 Å². The Morgan fingerprint density at radius 2 is 2.07 bits per heavy atom. The summed E-state index contributed by atoms with van der Waals surface area (Å²) in [4.78, 5) is 15.2. The predicted molar refractivity (Wildman–Crippen MR) is 111 cm³/mol. The Morgan fingerprint density at radius 3 is 2.82 bits per heavy atom. The second kappa shape index (κ2) is 8.07. The third-order valence-electron chi connectivity index (χ3n) is 4.98. The van der Waals surface area contributed by atoms with Crippen LogP contribution in [0.1, 0.15) is 33.5 Å². The fourth-order valence-electron chi connectivity index (χ4n) is 3.56. The number of aryl methyl sites for hydroxylation is 1. The van der Waals surface area contributed by atoms with Gasteiger partial charge in [-0.2, -0.15) is 0 Å². The van der Waals surface area contributed by atoms with Crippen molar-refractivity contribution >= 4 is 27.8 Å². The van der Waals surface area contributed by atoms with Gasteiger partial charge in [0.2, 0.25) is 5.78 Å². The van der Waals surface area contributed by atoms with E-state index in [9.17, 15) is 4.79 Å². The van der Waals surface area contributed by atoms with E-state index in [0.29, 0.717) is 37.0 Å². The average molecular weight is 444 g/mol. The summed E-state index contributed by atoms with van der Waals surface area (Å²) in [7, 11) is 1.70. The quantitative estimate of drug-likeness (QED) is 0.500. The van der Waals surface area contributed by atoms with Crippen LogP contribution < -0.4 is 9.47 Å². The number of Topliss-reactive ketones (excluding diaryl/α,β-unsaturated/α-hetero) is 1. The summed E-state index contributed by atoms with van der Waals surface area (Å²) >= 11 is 3.43. The van der Waals surface area contributed by atoms with Crippen LogP contribution in [-0.2, 0) is 11.3 Å². The van der Waals surface area contributed by atoms with E-state index in [-0.39, 0.29) is 5.78 Å². The number of halogens is 1. The molecule has 0 aromatic heterocycles. The molecule has 0 bridgehead atoms. The zero-order chi connectivity index (χ0) is 19.7. The lowest BCUT2D eigenvalue weighted by atomic mass is 9.98. The number of ether oxygens (including phenoxy) is 3. The topological polar surface area (TPSA) is 48.0 Å². The molecule has 0 saturated heterocycles. The number of benzene rings is 2. The predicted octanol–water partition coefficient (Wildman–Crippen LogP) is 4.56. The normalized spacial score (nSPS) is 17.2. The van der Waals surface area contributed by atoms with E-state index in [1.807, 2.05) is 37.3 Å². The molecule has 0 atom stereocenters. The second-order valence-corrected chi connectivity index (χ2v) is 7.95. The maximum Gasteiger partial charge on any atom is 0.232 e. The van der Waals surface area contributed by atoms with E-state index in [1.165, 1.54) is 0 Å². The molecule has 0 aliphatic carbocycles. The highest BCUT2D eigenvalue weighted by molar-refractivity contribution is 9.10. The minimum absolute atomic E-state index is 0.0743. The molecule has 2 aliphatic heterocycles. The third kappa shape index (κ3) is 3.72. The number of methoxy groups -OCH3 is 1. The van der Waals surface area contributed by atoms with Gasteiger partial charge in [-0.3, -0.25) is 9.69 Å². The molecular weight excluding hydrogens is 422 g/mol. The molecule has 0 saturated carbocycles. The Kier molecular flexibility index (Phi) is 5.53. The van der Waals surface area contributed by atoms with Crippen molar-refractivity contribution in [3.8, 4) is 11.5 Å². The number of rotatable bonds is 5. The van der Waals surface area contributed by atoms with E-state index >= 15 is 0 Å². The van der Waals surface area contributed by atoms with E-state index in [0.717, 1.165) is 39.9 Å². The van der Waals surface area contributed by atoms with Crippen LogP contribution in [-0.4, -0.2) is 37.7 Å². The van der Waals surface area contributed by atoms with E-state index in [2.05, 4.69) is 20.8 Å². The summed E-state index contributed by atoms with van der Waals surface area (Å²) < 4.78 is 18.1. The number of nitrogens with zero attached hydrogens (tertiary/aromatic N) is 1. The van der Waals surface area contributed by atoms with Crippen LogP contribution in [0.5, 0.6) is 11.5 Å². The van der Waals surface area contributed by atoms with Crippen molar-refractivity contribution < 1.29 is 19.0 Å². The molecule has 2 aromatic carbocycles. The lowest BCUT2D eigenvalue weighted by Gasteiger charge is -2.30. The first-order valence-corrected chi connectivity index (χ1v) is 10.1. The van der Waals surface area contributed by atoms with Gasteiger partial charge in [-0.25, -0.2) is 0 Å². The summed E-state index contributed by atoms with van der Waals surface area (Å²) in [5.41, 5.74) is 3.38. The van der Waals surface area contributed by atoms with Crippen LogP contribution in [0.2, 0.25) is 0 Å². The van der Waals surface area contributed by atoms with Crippen LogP contribution in [0, 0.1) is 6.92 Å². The van der Waals surface area contributed by atoms with Crippen molar-refractivity contribution in [3.05, 3.63) is 62.8 Å². The van der Waals surface area contributed by atoms with Crippen molar-refractivity contribution in [1.29, 1.82) is 0 Å². The first kappa shape index (κ1) is 19.2. The zero-order valence-corrected chi connectivity index (χ0v) is 17.5. The minimum Gasteiger partial charge on any atom is -0.478 e. The van der Waals surface area contributed by atoms with Gasteiger partial charge < -0.3 is 14.2 Å². The molecule has 0 fully saturated rings. The molecule has 2 aliphatic rings. The number of allylic oxidation sites excluding steroid dienone is 1. The maximum atomic E-state index is 13.0. The van der Waals surface area contributed by atoms with E-state index in [4.69, 9.17) is 14.2 Å². The second-order valence-electron chi connectivity index (χ2n) is 7.04. The molecule has 0 unspecified atom stereocenters. The highest BCUT2D eigenvalue weighted by atomic mass is 79.9. The monoisotopic (exact) mass is 443 g/mol. The van der Waals surface area contributed by atoms with Gasteiger partial charge in [0.05, 0.1) is 11.1 Å². The standard InChI is InChI=1S/C22H22BrNO4/c1-14-10-18-17(12-24(13-27-18)8-3-9-26-2)22-20(14)21(25)19(28-22)11-15-4-6-16(23)7-5-15/h4-7,10-11H,3,8-9,12-13H2,1-2H3/b19-11-. The van der Waals surface area contributed by atoms with Crippen LogP contribution in [0.4, 0.5) is 0 Å². The number of ketones is 1.